The summed E-state index contributed by atoms with van der Waals surface area (Å²) in [6, 6.07) is 4.98. The number of ether oxygens (including phenoxy) is 1. The van der Waals surface area contributed by atoms with Gasteiger partial charge in [-0.05, 0) is 31.9 Å². The van der Waals surface area contributed by atoms with Gasteiger partial charge in [0.2, 0.25) is 5.95 Å². The summed E-state index contributed by atoms with van der Waals surface area (Å²) in [6.07, 6.45) is 3.56. The van der Waals surface area contributed by atoms with Crippen molar-refractivity contribution in [1.29, 1.82) is 0 Å². The number of alkyl halides is 1. The van der Waals surface area contributed by atoms with Crippen LogP contribution in [0.25, 0.3) is 0 Å². The second kappa shape index (κ2) is 7.63. The molecule has 0 unspecified atom stereocenters. The summed E-state index contributed by atoms with van der Waals surface area (Å²) in [4.78, 5) is 19.7. The molecular weight excluding hydrogens is 292 g/mol. The van der Waals surface area contributed by atoms with Crippen molar-refractivity contribution in [1.82, 2.24) is 14.5 Å². The van der Waals surface area contributed by atoms with Gasteiger partial charge in [0.25, 0.3) is 0 Å². The van der Waals surface area contributed by atoms with E-state index in [2.05, 4.69) is 9.97 Å². The van der Waals surface area contributed by atoms with Crippen LogP contribution in [0.3, 0.4) is 0 Å². The molecule has 0 saturated heterocycles. The Labute approximate surface area is 127 Å². The maximum Gasteiger partial charge on any atom is 0.359 e. The molecule has 2 aromatic rings. The third-order valence-electron chi connectivity index (χ3n) is 3.24. The van der Waals surface area contributed by atoms with Crippen molar-refractivity contribution in [3.8, 4) is 0 Å². The number of pyridine rings is 1. The van der Waals surface area contributed by atoms with E-state index in [4.69, 9.17) is 4.74 Å². The van der Waals surface area contributed by atoms with Crippen molar-refractivity contribution < 1.29 is 18.3 Å². The number of aromatic nitrogens is 3. The fourth-order valence-corrected chi connectivity index (χ4v) is 2.02. The van der Waals surface area contributed by atoms with Gasteiger partial charge in [0, 0.05) is 6.20 Å². The van der Waals surface area contributed by atoms with Crippen molar-refractivity contribution in [2.75, 3.05) is 13.3 Å². The Kier molecular flexibility index (Phi) is 5.57. The summed E-state index contributed by atoms with van der Waals surface area (Å²) in [5, 5.41) is 0. The molecule has 118 valence electrons. The van der Waals surface area contributed by atoms with E-state index in [9.17, 15) is 13.6 Å². The molecule has 0 aliphatic heterocycles. The van der Waals surface area contributed by atoms with Crippen LogP contribution in [0, 0.1) is 5.95 Å². The Morgan fingerprint density at radius 1 is 1.36 bits per heavy atom. The van der Waals surface area contributed by atoms with Crippen LogP contribution in [0.15, 0.2) is 30.7 Å². The number of halogens is 2. The topological polar surface area (TPSA) is 57.0 Å². The fourth-order valence-electron chi connectivity index (χ4n) is 2.02. The van der Waals surface area contributed by atoms with Crippen LogP contribution >= 0.6 is 0 Å². The normalized spacial score (nSPS) is 12.1. The number of rotatable bonds is 7. The van der Waals surface area contributed by atoms with Crippen molar-refractivity contribution >= 4 is 5.97 Å². The Morgan fingerprint density at radius 3 is 2.86 bits per heavy atom. The molecule has 0 radical (unpaired) electrons. The van der Waals surface area contributed by atoms with Crippen molar-refractivity contribution in [3.63, 3.8) is 0 Å². The third-order valence-corrected chi connectivity index (χ3v) is 3.24. The van der Waals surface area contributed by atoms with Gasteiger partial charge in [-0.2, -0.15) is 4.39 Å². The number of carbonyl (C=O) groups is 1. The van der Waals surface area contributed by atoms with E-state index >= 15 is 0 Å². The number of carbonyl (C=O) groups excluding carboxylic acids is 1. The first kappa shape index (κ1) is 16.1. The summed E-state index contributed by atoms with van der Waals surface area (Å²) in [5.74, 6) is -1.70. The lowest BCUT2D eigenvalue weighted by Gasteiger charge is -2.15. The maximum atomic E-state index is 13.8. The van der Waals surface area contributed by atoms with Crippen LogP contribution < -0.4 is 0 Å². The van der Waals surface area contributed by atoms with Gasteiger partial charge in [-0.15, -0.1) is 0 Å². The molecule has 0 fully saturated rings. The molecule has 0 saturated carbocycles. The Hall–Kier alpha value is -2.31. The average Bonchev–Trinajstić information content (AvgIpc) is 2.93. The quantitative estimate of drug-likeness (QED) is 0.583. The van der Waals surface area contributed by atoms with Gasteiger partial charge in [0.05, 0.1) is 31.3 Å². The largest absolute Gasteiger partial charge is 0.461 e. The van der Waals surface area contributed by atoms with Gasteiger partial charge >= 0.3 is 5.97 Å². The molecule has 2 rings (SSSR count). The zero-order valence-electron chi connectivity index (χ0n) is 12.2. The second-order valence-corrected chi connectivity index (χ2v) is 4.75. The number of imidazole rings is 1. The van der Waals surface area contributed by atoms with Crippen LogP contribution in [0.5, 0.6) is 0 Å². The average molecular weight is 309 g/mol. The molecular formula is C15H17F2N3O2. The molecule has 0 aliphatic rings. The van der Waals surface area contributed by atoms with Crippen LogP contribution in [-0.2, 0) is 4.74 Å². The van der Waals surface area contributed by atoms with Crippen LogP contribution in [0.2, 0.25) is 0 Å². The van der Waals surface area contributed by atoms with E-state index in [-0.39, 0.29) is 18.3 Å². The molecule has 0 bridgehead atoms. The summed E-state index contributed by atoms with van der Waals surface area (Å²) in [6.45, 7) is 1.36. The minimum atomic E-state index is -0.890. The molecule has 5 nitrogen and oxygen atoms in total. The number of nitrogens with zero attached hydrogens (tertiary/aromatic N) is 3. The summed E-state index contributed by atoms with van der Waals surface area (Å²) in [5.41, 5.74) is 0.421. The van der Waals surface area contributed by atoms with Crippen molar-refractivity contribution in [2.24, 2.45) is 0 Å². The van der Waals surface area contributed by atoms with E-state index in [0.717, 1.165) is 0 Å². The highest BCUT2D eigenvalue weighted by atomic mass is 19.1. The molecule has 7 heteroatoms. The predicted molar refractivity (Wildman–Crippen MR) is 75.7 cm³/mol. The monoisotopic (exact) mass is 309 g/mol. The summed E-state index contributed by atoms with van der Waals surface area (Å²) >= 11 is 0. The Balaban J connectivity index is 2.15. The first-order chi connectivity index (χ1) is 10.6. The zero-order chi connectivity index (χ0) is 15.9. The first-order valence-corrected chi connectivity index (χ1v) is 7.01. The molecule has 0 N–H and O–H groups in total. The van der Waals surface area contributed by atoms with Gasteiger partial charge in [-0.25, -0.2) is 9.78 Å². The van der Waals surface area contributed by atoms with E-state index in [1.807, 2.05) is 0 Å². The lowest BCUT2D eigenvalue weighted by atomic mass is 10.2. The maximum absolute atomic E-state index is 13.8. The Bertz CT molecular complexity index is 617. The first-order valence-electron chi connectivity index (χ1n) is 7.01. The number of hydrogen-bond donors (Lipinski definition) is 0. The minimum Gasteiger partial charge on any atom is -0.461 e. The molecule has 22 heavy (non-hydrogen) atoms. The van der Waals surface area contributed by atoms with E-state index < -0.39 is 18.6 Å². The number of unbranched alkanes of at least 4 members (excludes halogenated alkanes) is 1. The minimum absolute atomic E-state index is 0.0470. The molecule has 0 spiro atoms. The molecule has 0 aliphatic carbocycles. The van der Waals surface area contributed by atoms with Crippen LogP contribution in [-0.4, -0.2) is 33.8 Å². The third kappa shape index (κ3) is 3.66. The van der Waals surface area contributed by atoms with Crippen molar-refractivity contribution in [2.45, 2.75) is 25.8 Å². The number of esters is 1. The number of hydrogen-bond acceptors (Lipinski definition) is 4. The van der Waals surface area contributed by atoms with E-state index in [0.29, 0.717) is 18.5 Å². The van der Waals surface area contributed by atoms with Gasteiger partial charge in [0.1, 0.15) is 0 Å². The standard InChI is InChI=1S/C15H17F2N3O2/c1-11(12-6-2-4-8-18-12)20-10-19-14(17)13(20)15(21)22-9-5-3-7-16/h2,4,6,8,10-11H,3,5,7,9H2,1H3/t11-/m1/s1. The lowest BCUT2D eigenvalue weighted by molar-refractivity contribution is 0.0476. The SMILES string of the molecule is C[C@H](c1ccccn1)n1cnc(F)c1C(=O)OCCCCF. The highest BCUT2D eigenvalue weighted by molar-refractivity contribution is 5.87. The zero-order valence-corrected chi connectivity index (χ0v) is 12.2. The van der Waals surface area contributed by atoms with Crippen LogP contribution in [0.1, 0.15) is 42.0 Å². The Morgan fingerprint density at radius 2 is 2.18 bits per heavy atom. The van der Waals surface area contributed by atoms with Crippen molar-refractivity contribution in [3.05, 3.63) is 48.1 Å². The summed E-state index contributed by atoms with van der Waals surface area (Å²) < 4.78 is 32.1. The second-order valence-electron chi connectivity index (χ2n) is 4.75. The van der Waals surface area contributed by atoms with E-state index in [1.54, 1.807) is 31.3 Å². The molecule has 0 amide bonds. The van der Waals surface area contributed by atoms with Crippen LogP contribution in [0.4, 0.5) is 8.78 Å². The highest BCUT2D eigenvalue weighted by Crippen LogP contribution is 2.20. The van der Waals surface area contributed by atoms with E-state index in [1.165, 1.54) is 10.9 Å². The molecule has 1 atom stereocenters. The highest BCUT2D eigenvalue weighted by Gasteiger charge is 2.24. The summed E-state index contributed by atoms with van der Waals surface area (Å²) in [7, 11) is 0. The molecule has 2 heterocycles. The molecule has 2 aromatic heterocycles. The fraction of sp³-hybridized carbons (Fsp3) is 0.400. The van der Waals surface area contributed by atoms with Gasteiger partial charge < -0.3 is 9.30 Å². The van der Waals surface area contributed by atoms with Gasteiger partial charge in [0.15, 0.2) is 5.69 Å². The predicted octanol–water partition coefficient (Wildman–Crippen LogP) is 2.93. The smallest absolute Gasteiger partial charge is 0.359 e. The van der Waals surface area contributed by atoms with Gasteiger partial charge in [-0.3, -0.25) is 9.37 Å². The molecule has 0 aromatic carbocycles. The lowest BCUT2D eigenvalue weighted by Crippen LogP contribution is -2.18. The van der Waals surface area contributed by atoms with Gasteiger partial charge in [-0.1, -0.05) is 6.07 Å².